The van der Waals surface area contributed by atoms with Crippen molar-refractivity contribution in [2.45, 2.75) is 31.0 Å². The van der Waals surface area contributed by atoms with E-state index in [0.29, 0.717) is 19.6 Å². The molecule has 1 aromatic heterocycles. The highest BCUT2D eigenvalue weighted by atomic mass is 32.1. The van der Waals surface area contributed by atoms with Crippen molar-refractivity contribution in [1.82, 2.24) is 4.90 Å². The van der Waals surface area contributed by atoms with Crippen LogP contribution in [0.2, 0.25) is 0 Å². The maximum Gasteiger partial charge on any atom is 0.251 e. The van der Waals surface area contributed by atoms with Crippen molar-refractivity contribution in [2.75, 3.05) is 26.3 Å². The van der Waals surface area contributed by atoms with Gasteiger partial charge >= 0.3 is 0 Å². The number of thiophene rings is 1. The molecule has 2 aliphatic heterocycles. The molecule has 4 rings (SSSR count). The fraction of sp³-hybridized carbons (Fsp3) is 0.429. The number of carbonyl (C=O) groups is 2. The fourth-order valence-electron chi connectivity index (χ4n) is 3.85. The lowest BCUT2D eigenvalue weighted by atomic mass is 9.91. The van der Waals surface area contributed by atoms with Crippen LogP contribution < -0.4 is 5.73 Å². The number of hydrogen-bond acceptors (Lipinski definition) is 5. The summed E-state index contributed by atoms with van der Waals surface area (Å²) in [5.41, 5.74) is 6.61. The first kappa shape index (κ1) is 19.1. The van der Waals surface area contributed by atoms with Crippen LogP contribution in [0.4, 0.5) is 0 Å². The third-order valence-electron chi connectivity index (χ3n) is 5.40. The number of carbonyl (C=O) groups excluding carboxylic acids is 2. The summed E-state index contributed by atoms with van der Waals surface area (Å²) in [6.45, 7) is 1.51. The van der Waals surface area contributed by atoms with E-state index in [0.717, 1.165) is 24.0 Å². The van der Waals surface area contributed by atoms with Crippen LogP contribution in [0.15, 0.2) is 41.8 Å². The minimum Gasteiger partial charge on any atom is -0.368 e. The maximum atomic E-state index is 12.7. The lowest BCUT2D eigenvalue weighted by molar-refractivity contribution is -0.167. The van der Waals surface area contributed by atoms with E-state index in [2.05, 4.69) is 6.07 Å². The highest BCUT2D eigenvalue weighted by molar-refractivity contribution is 7.13. The summed E-state index contributed by atoms with van der Waals surface area (Å²) >= 11 is 1.68. The average molecular weight is 401 g/mol. The number of morpholine rings is 1. The second-order valence-electron chi connectivity index (χ2n) is 7.32. The molecule has 0 unspecified atom stereocenters. The van der Waals surface area contributed by atoms with Crippen LogP contribution in [0.1, 0.15) is 18.4 Å². The van der Waals surface area contributed by atoms with Gasteiger partial charge in [-0.05, 0) is 35.4 Å². The zero-order chi connectivity index (χ0) is 19.6. The Labute approximate surface area is 168 Å². The highest BCUT2D eigenvalue weighted by Crippen LogP contribution is 2.28. The van der Waals surface area contributed by atoms with Gasteiger partial charge in [0.1, 0.15) is 6.10 Å². The van der Waals surface area contributed by atoms with Crippen molar-refractivity contribution in [3.63, 3.8) is 0 Å². The smallest absolute Gasteiger partial charge is 0.251 e. The normalized spacial score (nSPS) is 25.0. The van der Waals surface area contributed by atoms with Gasteiger partial charge in [-0.25, -0.2) is 0 Å². The van der Waals surface area contributed by atoms with Crippen molar-refractivity contribution in [2.24, 2.45) is 5.73 Å². The second-order valence-corrected chi connectivity index (χ2v) is 8.27. The molecule has 2 saturated heterocycles. The topological polar surface area (TPSA) is 81.9 Å². The predicted octanol–water partition coefficient (Wildman–Crippen LogP) is 2.22. The van der Waals surface area contributed by atoms with Crippen molar-refractivity contribution < 1.29 is 19.1 Å². The number of rotatable bonds is 5. The minimum atomic E-state index is -1.21. The lowest BCUT2D eigenvalue weighted by Gasteiger charge is -2.41. The molecular formula is C21H24N2O4S. The molecule has 0 radical (unpaired) electrons. The van der Waals surface area contributed by atoms with E-state index < -0.39 is 17.6 Å². The Hall–Kier alpha value is -2.22. The number of ether oxygens (including phenoxy) is 2. The monoisotopic (exact) mass is 400 g/mol. The van der Waals surface area contributed by atoms with E-state index in [1.54, 1.807) is 16.2 Å². The van der Waals surface area contributed by atoms with Gasteiger partial charge in [-0.2, -0.15) is 0 Å². The molecule has 0 bridgehead atoms. The van der Waals surface area contributed by atoms with Gasteiger partial charge < -0.3 is 20.1 Å². The third kappa shape index (κ3) is 3.83. The van der Waals surface area contributed by atoms with E-state index in [4.69, 9.17) is 15.2 Å². The molecule has 2 atom stereocenters. The molecule has 28 heavy (non-hydrogen) atoms. The summed E-state index contributed by atoms with van der Waals surface area (Å²) in [6.07, 6.45) is 1.54. The molecule has 0 spiro atoms. The van der Waals surface area contributed by atoms with E-state index >= 15 is 0 Å². The Bertz CT molecular complexity index is 831. The molecular weight excluding hydrogens is 376 g/mol. The lowest BCUT2D eigenvalue weighted by Crippen LogP contribution is -2.62. The molecule has 0 saturated carbocycles. The zero-order valence-electron chi connectivity index (χ0n) is 15.6. The van der Waals surface area contributed by atoms with Crippen molar-refractivity contribution in [3.05, 3.63) is 47.3 Å². The first-order chi connectivity index (χ1) is 13.6. The number of primary amides is 1. The molecule has 148 valence electrons. The first-order valence-electron chi connectivity index (χ1n) is 9.54. The molecule has 2 fully saturated rings. The summed E-state index contributed by atoms with van der Waals surface area (Å²) in [7, 11) is 0. The zero-order valence-corrected chi connectivity index (χ0v) is 16.5. The Balaban J connectivity index is 1.51. The Morgan fingerprint density at radius 1 is 1.21 bits per heavy atom. The van der Waals surface area contributed by atoms with E-state index in [-0.39, 0.29) is 19.1 Å². The largest absolute Gasteiger partial charge is 0.368 e. The molecule has 2 amide bonds. The summed E-state index contributed by atoms with van der Waals surface area (Å²) in [5, 5.41) is 2.04. The molecule has 7 heteroatoms. The second kappa shape index (κ2) is 8.03. The van der Waals surface area contributed by atoms with Crippen LogP contribution in [-0.2, 0) is 25.5 Å². The number of hydrogen-bond donors (Lipinski definition) is 1. The third-order valence-corrected chi connectivity index (χ3v) is 6.32. The number of benzene rings is 1. The standard InChI is InChI=1S/C21H24N2O4S/c22-20(25)21(13-15-5-7-16(8-6-15)18-4-2-12-28-18)14-23(9-11-27-21)19(24)17-3-1-10-26-17/h2,4-8,12,17H,1,3,9-11,13-14H2,(H2,22,25)/t17-,21+/m1/s1. The molecule has 2 N–H and O–H groups in total. The quantitative estimate of drug-likeness (QED) is 0.834. The number of nitrogens with two attached hydrogens (primary N) is 1. The number of amides is 2. The van der Waals surface area contributed by atoms with E-state index in [1.165, 1.54) is 4.88 Å². The molecule has 0 aliphatic carbocycles. The summed E-state index contributed by atoms with van der Waals surface area (Å²) in [6, 6.07) is 12.1. The van der Waals surface area contributed by atoms with Gasteiger partial charge in [0.25, 0.3) is 11.8 Å². The Morgan fingerprint density at radius 2 is 2.04 bits per heavy atom. The SMILES string of the molecule is NC(=O)[C@]1(Cc2ccc(-c3cccs3)cc2)CN(C(=O)[C@H]2CCCO2)CCO1. The molecule has 2 aliphatic rings. The van der Waals surface area contributed by atoms with Gasteiger partial charge in [0.2, 0.25) is 0 Å². The van der Waals surface area contributed by atoms with Gasteiger partial charge in [-0.3, -0.25) is 9.59 Å². The maximum absolute atomic E-state index is 12.7. The van der Waals surface area contributed by atoms with Crippen LogP contribution in [0, 0.1) is 0 Å². The van der Waals surface area contributed by atoms with Crippen molar-refractivity contribution in [1.29, 1.82) is 0 Å². The summed E-state index contributed by atoms with van der Waals surface area (Å²) in [4.78, 5) is 28.0. The molecule has 1 aromatic carbocycles. The molecule has 2 aromatic rings. The molecule has 3 heterocycles. The Kier molecular flexibility index (Phi) is 5.48. The number of nitrogens with zero attached hydrogens (tertiary/aromatic N) is 1. The summed E-state index contributed by atoms with van der Waals surface area (Å²) < 4.78 is 11.4. The van der Waals surface area contributed by atoms with Gasteiger partial charge in [-0.1, -0.05) is 30.3 Å². The van der Waals surface area contributed by atoms with E-state index in [1.807, 2.05) is 35.7 Å². The van der Waals surface area contributed by atoms with Gasteiger partial charge in [0, 0.05) is 24.4 Å². The van der Waals surface area contributed by atoms with Gasteiger partial charge in [0.05, 0.1) is 13.2 Å². The van der Waals surface area contributed by atoms with Crippen molar-refractivity contribution in [3.8, 4) is 10.4 Å². The predicted molar refractivity (Wildman–Crippen MR) is 107 cm³/mol. The van der Waals surface area contributed by atoms with Crippen LogP contribution in [0.3, 0.4) is 0 Å². The highest BCUT2D eigenvalue weighted by Gasteiger charge is 2.45. The van der Waals surface area contributed by atoms with Crippen LogP contribution >= 0.6 is 11.3 Å². The fourth-order valence-corrected chi connectivity index (χ4v) is 4.58. The van der Waals surface area contributed by atoms with Gasteiger partial charge in [-0.15, -0.1) is 11.3 Å². The average Bonchev–Trinajstić information content (AvgIpc) is 3.42. The van der Waals surface area contributed by atoms with Crippen LogP contribution in [0.25, 0.3) is 10.4 Å². The van der Waals surface area contributed by atoms with Crippen LogP contribution in [-0.4, -0.2) is 54.7 Å². The van der Waals surface area contributed by atoms with Crippen LogP contribution in [0.5, 0.6) is 0 Å². The van der Waals surface area contributed by atoms with Crippen molar-refractivity contribution >= 4 is 23.2 Å². The molecule has 6 nitrogen and oxygen atoms in total. The Morgan fingerprint density at radius 3 is 2.68 bits per heavy atom. The van der Waals surface area contributed by atoms with Gasteiger partial charge in [0.15, 0.2) is 5.60 Å². The first-order valence-corrected chi connectivity index (χ1v) is 10.4. The summed E-state index contributed by atoms with van der Waals surface area (Å²) in [5.74, 6) is -0.612. The van der Waals surface area contributed by atoms with E-state index in [9.17, 15) is 9.59 Å². The minimum absolute atomic E-state index is 0.0699.